The molecule has 1 unspecified atom stereocenters. The quantitative estimate of drug-likeness (QED) is 0.854. The smallest absolute Gasteiger partial charge is 0.195 e. The number of hydrogen-bond acceptors (Lipinski definition) is 4. The van der Waals surface area contributed by atoms with Crippen LogP contribution in [0.3, 0.4) is 0 Å². The summed E-state index contributed by atoms with van der Waals surface area (Å²) in [5.41, 5.74) is 7.68. The van der Waals surface area contributed by atoms with Crippen molar-refractivity contribution in [3.63, 3.8) is 0 Å². The van der Waals surface area contributed by atoms with Crippen LogP contribution in [0.15, 0.2) is 59.5 Å². The van der Waals surface area contributed by atoms with E-state index in [9.17, 15) is 8.42 Å². The van der Waals surface area contributed by atoms with Gasteiger partial charge in [0.25, 0.3) is 0 Å². The number of nitrogens with one attached hydrogen (secondary N) is 1. The highest BCUT2D eigenvalue weighted by Gasteiger charge is 2.24. The van der Waals surface area contributed by atoms with Gasteiger partial charge in [0, 0.05) is 13.1 Å². The van der Waals surface area contributed by atoms with Gasteiger partial charge in [-0.05, 0) is 24.1 Å². The van der Waals surface area contributed by atoms with Crippen molar-refractivity contribution in [2.24, 2.45) is 5.73 Å². The van der Waals surface area contributed by atoms with Gasteiger partial charge in [-0.3, -0.25) is 0 Å². The van der Waals surface area contributed by atoms with Crippen molar-refractivity contribution in [3.05, 3.63) is 65.7 Å². The zero-order valence-electron chi connectivity index (χ0n) is 12.0. The average Bonchev–Trinajstić information content (AvgIpc) is 2.48. The van der Waals surface area contributed by atoms with E-state index in [1.54, 1.807) is 25.1 Å². The van der Waals surface area contributed by atoms with Crippen LogP contribution in [-0.2, 0) is 16.4 Å². The van der Waals surface area contributed by atoms with Gasteiger partial charge in [0.2, 0.25) is 0 Å². The first kappa shape index (κ1) is 15.7. The molecule has 0 aliphatic heterocycles. The first-order valence-corrected chi connectivity index (χ1v) is 8.36. The van der Waals surface area contributed by atoms with Gasteiger partial charge < -0.3 is 11.1 Å². The average molecular weight is 304 g/mol. The molecule has 1 atom stereocenters. The molecule has 3 N–H and O–H groups in total. The van der Waals surface area contributed by atoms with E-state index < -0.39 is 15.2 Å². The van der Waals surface area contributed by atoms with Crippen LogP contribution in [0.2, 0.25) is 0 Å². The highest BCUT2D eigenvalue weighted by Crippen LogP contribution is 2.17. The van der Waals surface area contributed by atoms with Crippen LogP contribution in [-0.4, -0.2) is 20.3 Å². The molecule has 0 saturated heterocycles. The highest BCUT2D eigenvalue weighted by atomic mass is 32.2. The second-order valence-electron chi connectivity index (χ2n) is 4.97. The minimum absolute atomic E-state index is 0.214. The molecule has 0 amide bonds. The lowest BCUT2D eigenvalue weighted by atomic mass is 10.2. The lowest BCUT2D eigenvalue weighted by molar-refractivity contribution is 0.566. The number of rotatable bonds is 6. The van der Waals surface area contributed by atoms with Gasteiger partial charge in [-0.1, -0.05) is 48.5 Å². The fraction of sp³-hybridized carbons (Fsp3) is 0.250. The lowest BCUT2D eigenvalue weighted by Crippen LogP contribution is -2.40. The number of nitrogens with two attached hydrogens (primary N) is 1. The van der Waals surface area contributed by atoms with Crippen molar-refractivity contribution >= 4 is 9.84 Å². The Morgan fingerprint density at radius 2 is 1.67 bits per heavy atom. The van der Waals surface area contributed by atoms with E-state index in [4.69, 9.17) is 5.73 Å². The van der Waals surface area contributed by atoms with E-state index >= 15 is 0 Å². The third-order valence-electron chi connectivity index (χ3n) is 3.32. The Kier molecular flexibility index (Phi) is 5.12. The second kappa shape index (κ2) is 6.85. The Morgan fingerprint density at radius 1 is 1.05 bits per heavy atom. The monoisotopic (exact) mass is 304 g/mol. The van der Waals surface area contributed by atoms with Gasteiger partial charge in [-0.25, -0.2) is 8.42 Å². The second-order valence-corrected chi connectivity index (χ2v) is 7.10. The van der Waals surface area contributed by atoms with E-state index in [0.29, 0.717) is 11.4 Å². The van der Waals surface area contributed by atoms with E-state index in [1.165, 1.54) is 0 Å². The Morgan fingerprint density at radius 3 is 2.33 bits per heavy atom. The maximum atomic E-state index is 12.4. The molecular formula is C16H20N2O2S. The van der Waals surface area contributed by atoms with Gasteiger partial charge in [-0.2, -0.15) is 0 Å². The molecule has 2 aromatic carbocycles. The van der Waals surface area contributed by atoms with Gasteiger partial charge in [0.05, 0.1) is 4.90 Å². The van der Waals surface area contributed by atoms with Crippen molar-refractivity contribution in [2.45, 2.75) is 23.7 Å². The summed E-state index contributed by atoms with van der Waals surface area (Å²) in [4.78, 5) is 0.305. The molecule has 0 fully saturated rings. The van der Waals surface area contributed by atoms with Crippen LogP contribution < -0.4 is 11.1 Å². The van der Waals surface area contributed by atoms with E-state index in [-0.39, 0.29) is 6.54 Å². The minimum atomic E-state index is -3.51. The summed E-state index contributed by atoms with van der Waals surface area (Å²) < 4.78 is 24.9. The van der Waals surface area contributed by atoms with Gasteiger partial charge in [-0.15, -0.1) is 0 Å². The fourth-order valence-electron chi connectivity index (χ4n) is 2.10. The predicted molar refractivity (Wildman–Crippen MR) is 84.5 cm³/mol. The minimum Gasteiger partial charge on any atom is -0.314 e. The summed E-state index contributed by atoms with van der Waals surface area (Å²) in [5.74, 6) is 0. The largest absolute Gasteiger partial charge is 0.314 e. The van der Waals surface area contributed by atoms with Gasteiger partial charge >= 0.3 is 0 Å². The van der Waals surface area contributed by atoms with Gasteiger partial charge in [0.15, 0.2) is 9.84 Å². The molecule has 0 saturated carbocycles. The third-order valence-corrected chi connectivity index (χ3v) is 5.35. The molecule has 2 rings (SSSR count). The number of sulfone groups is 1. The number of hydrogen-bond donors (Lipinski definition) is 2. The summed E-state index contributed by atoms with van der Waals surface area (Å²) in [6.07, 6.45) is 0. The molecule has 2 aromatic rings. The molecule has 4 nitrogen and oxygen atoms in total. The van der Waals surface area contributed by atoms with Crippen molar-refractivity contribution in [1.29, 1.82) is 0 Å². The summed E-state index contributed by atoms with van der Waals surface area (Å²) in [7, 11) is -3.51. The summed E-state index contributed by atoms with van der Waals surface area (Å²) in [6.45, 7) is 2.58. The molecular weight excluding hydrogens is 284 g/mol. The topological polar surface area (TPSA) is 72.2 Å². The highest BCUT2D eigenvalue weighted by molar-refractivity contribution is 7.92. The third kappa shape index (κ3) is 3.91. The molecule has 21 heavy (non-hydrogen) atoms. The first-order valence-electron chi connectivity index (χ1n) is 6.81. The van der Waals surface area contributed by atoms with Crippen LogP contribution in [0.25, 0.3) is 0 Å². The molecule has 0 radical (unpaired) electrons. The molecule has 0 aliphatic rings. The predicted octanol–water partition coefficient (Wildman–Crippen LogP) is 1.84. The lowest BCUT2D eigenvalue weighted by Gasteiger charge is -2.15. The van der Waals surface area contributed by atoms with Crippen LogP contribution in [0.1, 0.15) is 11.1 Å². The Labute approximate surface area is 125 Å². The Balaban J connectivity index is 2.00. The van der Waals surface area contributed by atoms with Crippen molar-refractivity contribution < 1.29 is 8.42 Å². The molecule has 0 spiro atoms. The number of aryl methyl sites for hydroxylation is 1. The summed E-state index contributed by atoms with van der Waals surface area (Å²) in [5, 5.41) is 2.14. The molecule has 112 valence electrons. The van der Waals surface area contributed by atoms with Gasteiger partial charge in [0.1, 0.15) is 5.37 Å². The van der Waals surface area contributed by atoms with Crippen LogP contribution in [0.4, 0.5) is 0 Å². The van der Waals surface area contributed by atoms with Crippen molar-refractivity contribution in [1.82, 2.24) is 5.32 Å². The molecule has 0 bridgehead atoms. The maximum Gasteiger partial charge on any atom is 0.195 e. The molecule has 0 aromatic heterocycles. The SMILES string of the molecule is Cc1ccccc1S(=O)(=O)C(N)CNCc1ccccc1. The zero-order chi connectivity index (χ0) is 15.3. The van der Waals surface area contributed by atoms with E-state index in [0.717, 1.165) is 11.1 Å². The maximum absolute atomic E-state index is 12.4. The van der Waals surface area contributed by atoms with Crippen molar-refractivity contribution in [2.75, 3.05) is 6.54 Å². The van der Waals surface area contributed by atoms with E-state index in [1.807, 2.05) is 36.4 Å². The van der Waals surface area contributed by atoms with Crippen molar-refractivity contribution in [3.8, 4) is 0 Å². The standard InChI is InChI=1S/C16H20N2O2S/c1-13-7-5-6-10-15(13)21(19,20)16(17)12-18-11-14-8-3-2-4-9-14/h2-10,16,18H,11-12,17H2,1H3. The molecule has 0 heterocycles. The molecule has 0 aliphatic carbocycles. The first-order chi connectivity index (χ1) is 10.0. The van der Waals surface area contributed by atoms with Crippen LogP contribution >= 0.6 is 0 Å². The molecule has 5 heteroatoms. The van der Waals surface area contributed by atoms with E-state index in [2.05, 4.69) is 5.32 Å². The normalized spacial score (nSPS) is 13.0. The fourth-order valence-corrected chi connectivity index (χ4v) is 3.55. The summed E-state index contributed by atoms with van der Waals surface area (Å²) >= 11 is 0. The van der Waals surface area contributed by atoms with Crippen LogP contribution in [0, 0.1) is 6.92 Å². The number of benzene rings is 2. The zero-order valence-corrected chi connectivity index (χ0v) is 12.8. The summed E-state index contributed by atoms with van der Waals surface area (Å²) in [6, 6.07) is 16.7. The Hall–Kier alpha value is -1.69. The Bertz CT molecular complexity index is 684. The van der Waals surface area contributed by atoms with Crippen LogP contribution in [0.5, 0.6) is 0 Å².